The zero-order valence-electron chi connectivity index (χ0n) is 18.7. The van der Waals surface area contributed by atoms with Crippen molar-refractivity contribution in [1.29, 1.82) is 0 Å². The fourth-order valence-corrected chi connectivity index (χ4v) is 6.57. The summed E-state index contributed by atoms with van der Waals surface area (Å²) < 4.78 is 30.0. The van der Waals surface area contributed by atoms with Gasteiger partial charge in [0.2, 0.25) is 21.1 Å². The third-order valence-electron chi connectivity index (χ3n) is 4.95. The number of carbonyl (C=O) groups is 1. The molecule has 0 bridgehead atoms. The van der Waals surface area contributed by atoms with E-state index in [1.54, 1.807) is 30.0 Å². The van der Waals surface area contributed by atoms with Crippen LogP contribution in [0.25, 0.3) is 11.0 Å². The third-order valence-corrected chi connectivity index (χ3v) is 8.85. The fourth-order valence-electron chi connectivity index (χ4n) is 3.43. The molecule has 1 N–H and O–H groups in total. The molecular weight excluding hydrogens is 468 g/mol. The van der Waals surface area contributed by atoms with Crippen LogP contribution in [0.3, 0.4) is 0 Å². The number of anilines is 1. The van der Waals surface area contributed by atoms with Crippen molar-refractivity contribution < 1.29 is 13.2 Å². The summed E-state index contributed by atoms with van der Waals surface area (Å²) in [6.45, 7) is 9.16. The molecule has 2 heterocycles. The maximum atomic E-state index is 12.9. The van der Waals surface area contributed by atoms with E-state index >= 15 is 0 Å². The second kappa shape index (κ2) is 10.7. The number of hydrogen-bond acceptors (Lipinski definition) is 8. The molecule has 12 heteroatoms. The summed E-state index contributed by atoms with van der Waals surface area (Å²) >= 11 is 2.94. The maximum absolute atomic E-state index is 12.9. The summed E-state index contributed by atoms with van der Waals surface area (Å²) in [5.41, 5.74) is 1.47. The predicted octanol–water partition coefficient (Wildman–Crippen LogP) is 3.62. The van der Waals surface area contributed by atoms with Gasteiger partial charge in [0, 0.05) is 32.5 Å². The van der Waals surface area contributed by atoms with Gasteiger partial charge in [-0.1, -0.05) is 43.9 Å². The Balaban J connectivity index is 1.77. The molecular formula is C20H28N6O3S3. The minimum atomic E-state index is -3.56. The number of hydrogen-bond donors (Lipinski definition) is 1. The summed E-state index contributed by atoms with van der Waals surface area (Å²) in [5.74, 6) is 1.48. The lowest BCUT2D eigenvalue weighted by atomic mass is 10.3. The van der Waals surface area contributed by atoms with Gasteiger partial charge in [-0.2, -0.15) is 4.31 Å². The lowest BCUT2D eigenvalue weighted by molar-refractivity contribution is -0.116. The molecule has 3 rings (SSSR count). The zero-order chi connectivity index (χ0) is 23.3. The van der Waals surface area contributed by atoms with Gasteiger partial charge in [0.05, 0.1) is 15.9 Å². The summed E-state index contributed by atoms with van der Waals surface area (Å²) in [6.07, 6.45) is 0.672. The maximum Gasteiger partial charge on any atom is 0.243 e. The van der Waals surface area contributed by atoms with Crippen molar-refractivity contribution in [1.82, 2.24) is 24.1 Å². The molecule has 0 saturated carbocycles. The SMILES string of the molecule is CCSc1nnc(NC(=O)CCc2nc3cc(S(=O)(=O)N(CC)CC)ccc3n2CC)s1. The average molecular weight is 497 g/mol. The Hall–Kier alpha value is -2.02. The first-order valence-electron chi connectivity index (χ1n) is 10.6. The van der Waals surface area contributed by atoms with E-state index in [0.717, 1.165) is 21.4 Å². The van der Waals surface area contributed by atoms with Crippen LogP contribution in [0.2, 0.25) is 0 Å². The molecule has 0 unspecified atom stereocenters. The van der Waals surface area contributed by atoms with Crippen LogP contribution < -0.4 is 5.32 Å². The molecule has 1 aromatic carbocycles. The van der Waals surface area contributed by atoms with Gasteiger partial charge in [0.25, 0.3) is 0 Å². The van der Waals surface area contributed by atoms with Gasteiger partial charge in [0.15, 0.2) is 4.34 Å². The molecule has 3 aromatic rings. The number of nitrogens with zero attached hydrogens (tertiary/aromatic N) is 5. The van der Waals surface area contributed by atoms with Crippen LogP contribution in [0.5, 0.6) is 0 Å². The first-order valence-corrected chi connectivity index (χ1v) is 13.8. The Morgan fingerprint density at radius 3 is 2.59 bits per heavy atom. The number of aryl methyl sites for hydroxylation is 2. The van der Waals surface area contributed by atoms with Crippen molar-refractivity contribution in [3.8, 4) is 0 Å². The number of benzene rings is 1. The van der Waals surface area contributed by atoms with E-state index in [9.17, 15) is 13.2 Å². The number of imidazole rings is 1. The summed E-state index contributed by atoms with van der Waals surface area (Å²) in [7, 11) is -3.56. The molecule has 174 valence electrons. The molecule has 2 aromatic heterocycles. The highest BCUT2D eigenvalue weighted by Gasteiger charge is 2.23. The zero-order valence-corrected chi connectivity index (χ0v) is 21.1. The second-order valence-electron chi connectivity index (χ2n) is 6.87. The first kappa shape index (κ1) is 24.6. The van der Waals surface area contributed by atoms with Crippen LogP contribution >= 0.6 is 23.1 Å². The standard InChI is InChI=1S/C20H28N6O3S3/c1-5-25(6-2)32(28,29)14-9-10-16-15(13-14)21-17(26(16)7-3)11-12-18(27)22-19-23-24-20(31-19)30-8-4/h9-10,13H,5-8,11-12H2,1-4H3,(H,22,23,27). The number of amides is 1. The van der Waals surface area contributed by atoms with E-state index in [1.165, 1.54) is 15.6 Å². The predicted molar refractivity (Wildman–Crippen MR) is 129 cm³/mol. The van der Waals surface area contributed by atoms with E-state index in [1.807, 2.05) is 32.3 Å². The molecule has 0 fully saturated rings. The average Bonchev–Trinajstić information content (AvgIpc) is 3.36. The third kappa shape index (κ3) is 5.30. The molecule has 0 aliphatic rings. The van der Waals surface area contributed by atoms with Crippen LogP contribution in [-0.2, 0) is 27.8 Å². The van der Waals surface area contributed by atoms with Crippen LogP contribution in [0.1, 0.15) is 39.9 Å². The number of sulfonamides is 1. The van der Waals surface area contributed by atoms with Gasteiger partial charge in [-0.25, -0.2) is 13.4 Å². The van der Waals surface area contributed by atoms with E-state index in [4.69, 9.17) is 0 Å². The van der Waals surface area contributed by atoms with E-state index < -0.39 is 10.0 Å². The van der Waals surface area contributed by atoms with E-state index in [2.05, 4.69) is 20.5 Å². The number of rotatable bonds is 11. The van der Waals surface area contributed by atoms with Crippen LogP contribution in [0, 0.1) is 0 Å². The Labute approximate surface area is 196 Å². The number of aromatic nitrogens is 4. The van der Waals surface area contributed by atoms with Crippen molar-refractivity contribution in [3.05, 3.63) is 24.0 Å². The van der Waals surface area contributed by atoms with Gasteiger partial charge in [-0.3, -0.25) is 4.79 Å². The van der Waals surface area contributed by atoms with Crippen molar-refractivity contribution in [2.45, 2.75) is 56.3 Å². The number of carbonyl (C=O) groups excluding carboxylic acids is 1. The Bertz CT molecular complexity index is 1180. The van der Waals surface area contributed by atoms with Crippen molar-refractivity contribution in [2.24, 2.45) is 0 Å². The molecule has 0 saturated heterocycles. The summed E-state index contributed by atoms with van der Waals surface area (Å²) in [4.78, 5) is 17.3. The minimum Gasteiger partial charge on any atom is -0.328 e. The Kier molecular flexibility index (Phi) is 8.26. The van der Waals surface area contributed by atoms with Gasteiger partial charge in [-0.15, -0.1) is 10.2 Å². The Morgan fingerprint density at radius 2 is 1.94 bits per heavy atom. The number of nitrogens with one attached hydrogen (secondary N) is 1. The van der Waals surface area contributed by atoms with Crippen LogP contribution in [-0.4, -0.2) is 57.2 Å². The van der Waals surface area contributed by atoms with Gasteiger partial charge >= 0.3 is 0 Å². The molecule has 0 aliphatic carbocycles. The van der Waals surface area contributed by atoms with Crippen molar-refractivity contribution in [3.63, 3.8) is 0 Å². The van der Waals surface area contributed by atoms with E-state index in [-0.39, 0.29) is 17.2 Å². The summed E-state index contributed by atoms with van der Waals surface area (Å²) in [5, 5.41) is 11.3. The highest BCUT2D eigenvalue weighted by molar-refractivity contribution is 8.01. The molecule has 9 nitrogen and oxygen atoms in total. The number of thioether (sulfide) groups is 1. The molecule has 0 radical (unpaired) electrons. The molecule has 0 spiro atoms. The molecule has 0 atom stereocenters. The van der Waals surface area contributed by atoms with Crippen LogP contribution in [0.15, 0.2) is 27.4 Å². The monoisotopic (exact) mass is 496 g/mol. The van der Waals surface area contributed by atoms with E-state index in [0.29, 0.717) is 36.7 Å². The number of fused-ring (bicyclic) bond motifs is 1. The quantitative estimate of drug-likeness (QED) is 0.319. The highest BCUT2D eigenvalue weighted by Crippen LogP contribution is 2.26. The summed E-state index contributed by atoms with van der Waals surface area (Å²) in [6, 6.07) is 5.04. The molecule has 1 amide bonds. The highest BCUT2D eigenvalue weighted by atomic mass is 32.2. The first-order chi connectivity index (χ1) is 15.3. The minimum absolute atomic E-state index is 0.159. The van der Waals surface area contributed by atoms with Crippen molar-refractivity contribution in [2.75, 3.05) is 24.2 Å². The van der Waals surface area contributed by atoms with Crippen molar-refractivity contribution >= 4 is 55.2 Å². The lowest BCUT2D eigenvalue weighted by Crippen LogP contribution is -2.30. The Morgan fingerprint density at radius 1 is 1.19 bits per heavy atom. The van der Waals surface area contributed by atoms with Gasteiger partial charge in [0.1, 0.15) is 5.82 Å². The topological polar surface area (TPSA) is 110 Å². The fraction of sp³-hybridized carbons (Fsp3) is 0.500. The normalized spacial score (nSPS) is 12.0. The smallest absolute Gasteiger partial charge is 0.243 e. The van der Waals surface area contributed by atoms with Gasteiger partial charge in [-0.05, 0) is 30.9 Å². The molecule has 32 heavy (non-hydrogen) atoms. The lowest BCUT2D eigenvalue weighted by Gasteiger charge is -2.18. The van der Waals surface area contributed by atoms with Gasteiger partial charge < -0.3 is 9.88 Å². The molecule has 0 aliphatic heterocycles. The largest absolute Gasteiger partial charge is 0.328 e. The second-order valence-corrected chi connectivity index (χ2v) is 11.3. The van der Waals surface area contributed by atoms with Crippen LogP contribution in [0.4, 0.5) is 5.13 Å².